The first kappa shape index (κ1) is 20.2. The van der Waals surface area contributed by atoms with E-state index in [1.165, 1.54) is 0 Å². The average Bonchev–Trinajstić information content (AvgIpc) is 2.67. The number of ketones is 1. The first-order chi connectivity index (χ1) is 13.1. The average molecular weight is 379 g/mol. The largest absolute Gasteiger partial charge is 0.507 e. The Hall–Kier alpha value is -2.55. The number of phenolic OH excluding ortho intramolecular Hbond substituents is 2. The van der Waals surface area contributed by atoms with Gasteiger partial charge in [0.15, 0.2) is 5.78 Å². The number of rotatable bonds is 3. The van der Waals surface area contributed by atoms with Crippen LogP contribution in [0.5, 0.6) is 11.5 Å². The molecular formula is C25H30O3. The Morgan fingerprint density at radius 2 is 1.25 bits per heavy atom. The first-order valence-corrected chi connectivity index (χ1v) is 9.97. The number of allylic oxidation sites excluding steroid dienone is 2. The summed E-state index contributed by atoms with van der Waals surface area (Å²) in [6.45, 7) is 11.7. The predicted octanol–water partition coefficient (Wildman–Crippen LogP) is 5.76. The molecule has 148 valence electrons. The first-order valence-electron chi connectivity index (χ1n) is 9.97. The van der Waals surface area contributed by atoms with E-state index in [0.29, 0.717) is 17.9 Å². The highest BCUT2D eigenvalue weighted by Gasteiger charge is 2.30. The van der Waals surface area contributed by atoms with E-state index in [1.807, 2.05) is 53.7 Å². The Morgan fingerprint density at radius 3 is 1.68 bits per heavy atom. The quantitative estimate of drug-likeness (QED) is 0.714. The van der Waals surface area contributed by atoms with Crippen molar-refractivity contribution in [2.45, 2.75) is 66.7 Å². The van der Waals surface area contributed by atoms with Gasteiger partial charge in [0.25, 0.3) is 0 Å². The van der Waals surface area contributed by atoms with Crippen molar-refractivity contribution < 1.29 is 15.0 Å². The SMILES string of the molecule is Cc1cc(C(C2=CCCCC2=O)c2cc(C)c(O)c(C)c2C)c(C)c(C)c1O. The van der Waals surface area contributed by atoms with Gasteiger partial charge in [-0.3, -0.25) is 4.79 Å². The molecule has 0 unspecified atom stereocenters. The summed E-state index contributed by atoms with van der Waals surface area (Å²) in [5, 5.41) is 20.8. The summed E-state index contributed by atoms with van der Waals surface area (Å²) in [6, 6.07) is 4.03. The zero-order chi connectivity index (χ0) is 20.7. The van der Waals surface area contributed by atoms with E-state index < -0.39 is 0 Å². The highest BCUT2D eigenvalue weighted by Crippen LogP contribution is 2.43. The van der Waals surface area contributed by atoms with Gasteiger partial charge in [0.1, 0.15) is 11.5 Å². The van der Waals surface area contributed by atoms with Gasteiger partial charge in [-0.15, -0.1) is 0 Å². The normalized spacial score (nSPS) is 14.5. The van der Waals surface area contributed by atoms with Crippen molar-refractivity contribution >= 4 is 5.78 Å². The van der Waals surface area contributed by atoms with Gasteiger partial charge < -0.3 is 10.2 Å². The lowest BCUT2D eigenvalue weighted by Gasteiger charge is -2.29. The highest BCUT2D eigenvalue weighted by molar-refractivity contribution is 5.98. The molecule has 0 amide bonds. The molecule has 0 aliphatic heterocycles. The van der Waals surface area contributed by atoms with Crippen LogP contribution in [0.1, 0.15) is 69.7 Å². The van der Waals surface area contributed by atoms with E-state index in [9.17, 15) is 15.0 Å². The minimum atomic E-state index is -0.191. The molecule has 0 heterocycles. The second-order valence-corrected chi connectivity index (χ2v) is 8.17. The maximum Gasteiger partial charge on any atom is 0.159 e. The van der Waals surface area contributed by atoms with Crippen LogP contribution in [0.25, 0.3) is 0 Å². The van der Waals surface area contributed by atoms with Crippen LogP contribution < -0.4 is 0 Å². The minimum Gasteiger partial charge on any atom is -0.507 e. The number of benzene rings is 2. The molecule has 1 aliphatic rings. The molecular weight excluding hydrogens is 348 g/mol. The van der Waals surface area contributed by atoms with E-state index in [1.54, 1.807) is 0 Å². The number of phenols is 2. The van der Waals surface area contributed by atoms with Gasteiger partial charge in [0.05, 0.1) is 0 Å². The van der Waals surface area contributed by atoms with Gasteiger partial charge in [0.2, 0.25) is 0 Å². The van der Waals surface area contributed by atoms with Crippen LogP contribution in [0.3, 0.4) is 0 Å². The van der Waals surface area contributed by atoms with E-state index >= 15 is 0 Å². The lowest BCUT2D eigenvalue weighted by molar-refractivity contribution is -0.116. The predicted molar refractivity (Wildman–Crippen MR) is 113 cm³/mol. The molecule has 3 rings (SSSR count). The second-order valence-electron chi connectivity index (χ2n) is 8.17. The lowest BCUT2D eigenvalue weighted by atomic mass is 9.75. The Balaban J connectivity index is 2.36. The molecule has 2 aromatic rings. The Bertz CT molecular complexity index is 932. The molecule has 0 saturated carbocycles. The van der Waals surface area contributed by atoms with Gasteiger partial charge in [-0.05, 0) is 98.9 Å². The van der Waals surface area contributed by atoms with Gasteiger partial charge in [-0.2, -0.15) is 0 Å². The zero-order valence-electron chi connectivity index (χ0n) is 17.7. The number of carbonyl (C=O) groups excluding carboxylic acids is 1. The summed E-state index contributed by atoms with van der Waals surface area (Å²) in [6.07, 6.45) is 4.47. The smallest absolute Gasteiger partial charge is 0.159 e. The number of Topliss-reactive ketones (excluding diaryl/α,β-unsaturated/α-hetero) is 1. The van der Waals surface area contributed by atoms with Crippen LogP contribution in [0, 0.1) is 41.5 Å². The van der Waals surface area contributed by atoms with E-state index in [2.05, 4.69) is 6.08 Å². The maximum atomic E-state index is 12.9. The van der Waals surface area contributed by atoms with Crippen molar-refractivity contribution in [3.63, 3.8) is 0 Å². The Morgan fingerprint density at radius 1 is 0.786 bits per heavy atom. The zero-order valence-corrected chi connectivity index (χ0v) is 17.7. The molecule has 1 aliphatic carbocycles. The molecule has 0 fully saturated rings. The second kappa shape index (κ2) is 7.46. The summed E-state index contributed by atoms with van der Waals surface area (Å²) in [5.74, 6) is 0.642. The summed E-state index contributed by atoms with van der Waals surface area (Å²) < 4.78 is 0. The molecule has 0 atom stereocenters. The molecule has 0 bridgehead atoms. The topological polar surface area (TPSA) is 57.5 Å². The third kappa shape index (κ3) is 3.23. The number of aryl methyl sites for hydroxylation is 2. The fourth-order valence-corrected chi connectivity index (χ4v) is 4.36. The monoisotopic (exact) mass is 378 g/mol. The number of hydrogen-bond donors (Lipinski definition) is 2. The van der Waals surface area contributed by atoms with Crippen molar-refractivity contribution in [3.05, 3.63) is 68.3 Å². The molecule has 0 radical (unpaired) electrons. The van der Waals surface area contributed by atoms with Gasteiger partial charge in [-0.25, -0.2) is 0 Å². The van der Waals surface area contributed by atoms with Gasteiger partial charge in [0, 0.05) is 17.9 Å². The maximum absolute atomic E-state index is 12.9. The standard InChI is InChI=1S/C25H30O3/c1-13-11-20(15(3)17(5)24(13)27)23(19-9-7-8-10-22(19)26)21-12-14(2)25(28)18(6)16(21)4/h9,11-12,23,27-28H,7-8,10H2,1-6H3. The number of aromatic hydroxyl groups is 2. The molecule has 28 heavy (non-hydrogen) atoms. The van der Waals surface area contributed by atoms with Gasteiger partial charge in [-0.1, -0.05) is 18.2 Å². The van der Waals surface area contributed by atoms with Crippen molar-refractivity contribution in [2.75, 3.05) is 0 Å². The number of carbonyl (C=O) groups is 1. The summed E-state index contributed by atoms with van der Waals surface area (Å²) in [4.78, 5) is 12.9. The molecule has 3 heteroatoms. The summed E-state index contributed by atoms with van der Waals surface area (Å²) >= 11 is 0. The van der Waals surface area contributed by atoms with Crippen molar-refractivity contribution in [2.24, 2.45) is 0 Å². The molecule has 0 saturated heterocycles. The van der Waals surface area contributed by atoms with Crippen LogP contribution in [0.4, 0.5) is 0 Å². The van der Waals surface area contributed by atoms with Crippen LogP contribution in [-0.2, 0) is 4.79 Å². The fraction of sp³-hybridized carbons (Fsp3) is 0.400. The van der Waals surface area contributed by atoms with Crippen molar-refractivity contribution in [3.8, 4) is 11.5 Å². The highest BCUT2D eigenvalue weighted by atomic mass is 16.3. The van der Waals surface area contributed by atoms with E-state index in [0.717, 1.165) is 62.9 Å². The molecule has 0 aromatic heterocycles. The third-order valence-corrected chi connectivity index (χ3v) is 6.42. The molecule has 2 aromatic carbocycles. The fourth-order valence-electron chi connectivity index (χ4n) is 4.36. The molecule has 3 nitrogen and oxygen atoms in total. The summed E-state index contributed by atoms with van der Waals surface area (Å²) in [7, 11) is 0. The third-order valence-electron chi connectivity index (χ3n) is 6.42. The molecule has 0 spiro atoms. The van der Waals surface area contributed by atoms with E-state index in [-0.39, 0.29) is 11.7 Å². The van der Waals surface area contributed by atoms with Crippen LogP contribution >= 0.6 is 0 Å². The lowest BCUT2D eigenvalue weighted by Crippen LogP contribution is -2.18. The molecule has 2 N–H and O–H groups in total. The minimum absolute atomic E-state index is 0.191. The van der Waals surface area contributed by atoms with Crippen molar-refractivity contribution in [1.29, 1.82) is 0 Å². The Kier molecular flexibility index (Phi) is 5.38. The Labute approximate surface area is 167 Å². The van der Waals surface area contributed by atoms with E-state index in [4.69, 9.17) is 0 Å². The number of hydrogen-bond acceptors (Lipinski definition) is 3. The summed E-state index contributed by atoms with van der Waals surface area (Å²) in [5.41, 5.74) is 8.32. The van der Waals surface area contributed by atoms with Crippen LogP contribution in [0.2, 0.25) is 0 Å². The van der Waals surface area contributed by atoms with Crippen LogP contribution in [0.15, 0.2) is 23.8 Å². The van der Waals surface area contributed by atoms with Crippen LogP contribution in [-0.4, -0.2) is 16.0 Å². The van der Waals surface area contributed by atoms with Crippen molar-refractivity contribution in [1.82, 2.24) is 0 Å². The van der Waals surface area contributed by atoms with Gasteiger partial charge >= 0.3 is 0 Å².